The van der Waals surface area contributed by atoms with Gasteiger partial charge in [-0.2, -0.15) is 0 Å². The van der Waals surface area contributed by atoms with Gasteiger partial charge in [-0.1, -0.05) is 24.3 Å². The van der Waals surface area contributed by atoms with E-state index in [0.29, 0.717) is 11.4 Å². The van der Waals surface area contributed by atoms with Crippen molar-refractivity contribution in [2.24, 2.45) is 0 Å². The van der Waals surface area contributed by atoms with Crippen molar-refractivity contribution < 1.29 is 13.9 Å². The van der Waals surface area contributed by atoms with Crippen molar-refractivity contribution in [2.75, 3.05) is 11.9 Å². The average Bonchev–Trinajstić information content (AvgIpc) is 2.46. The fourth-order valence-corrected chi connectivity index (χ4v) is 1.79. The normalized spacial score (nSPS) is 9.76. The molecular weight excluding hydrogens is 291 g/mol. The number of nitrogens with one attached hydrogen (secondary N) is 2. The second-order valence-electron chi connectivity index (χ2n) is 4.11. The van der Waals surface area contributed by atoms with Gasteiger partial charge in [-0.05, 0) is 42.5 Å². The summed E-state index contributed by atoms with van der Waals surface area (Å²) in [7, 11) is 0. The van der Waals surface area contributed by atoms with Crippen molar-refractivity contribution >= 4 is 28.9 Å². The zero-order chi connectivity index (χ0) is 15.1. The lowest BCUT2D eigenvalue weighted by Gasteiger charge is -2.10. The summed E-state index contributed by atoms with van der Waals surface area (Å²) in [5, 5.41) is 5.25. The SMILES string of the molecule is O=C(COc1ccccc1)NC(=S)Nc1cccc(F)c1. The number of anilines is 1. The maximum absolute atomic E-state index is 13.0. The molecule has 0 aliphatic heterocycles. The Balaban J connectivity index is 1.78. The molecule has 0 bridgehead atoms. The van der Waals surface area contributed by atoms with Gasteiger partial charge in [-0.3, -0.25) is 10.1 Å². The second-order valence-corrected chi connectivity index (χ2v) is 4.52. The van der Waals surface area contributed by atoms with Crippen molar-refractivity contribution in [3.05, 3.63) is 60.4 Å². The Morgan fingerprint density at radius 3 is 2.62 bits per heavy atom. The molecule has 1 amide bonds. The lowest BCUT2D eigenvalue weighted by atomic mass is 10.3. The van der Waals surface area contributed by atoms with E-state index in [1.54, 1.807) is 24.3 Å². The maximum Gasteiger partial charge on any atom is 0.264 e. The number of carbonyl (C=O) groups is 1. The Morgan fingerprint density at radius 1 is 1.14 bits per heavy atom. The number of rotatable bonds is 4. The molecule has 2 N–H and O–H groups in total. The van der Waals surface area contributed by atoms with Crippen molar-refractivity contribution in [1.29, 1.82) is 0 Å². The summed E-state index contributed by atoms with van der Waals surface area (Å²) in [5.74, 6) is -0.189. The predicted molar refractivity (Wildman–Crippen MR) is 82.7 cm³/mol. The van der Waals surface area contributed by atoms with Crippen molar-refractivity contribution in [2.45, 2.75) is 0 Å². The van der Waals surface area contributed by atoms with E-state index >= 15 is 0 Å². The minimum absolute atomic E-state index is 0.0854. The van der Waals surface area contributed by atoms with Crippen LogP contribution in [0.2, 0.25) is 0 Å². The van der Waals surface area contributed by atoms with Gasteiger partial charge in [0.15, 0.2) is 11.7 Å². The van der Waals surface area contributed by atoms with Crippen LogP contribution in [0.3, 0.4) is 0 Å². The molecule has 0 aromatic heterocycles. The van der Waals surface area contributed by atoms with E-state index in [1.807, 2.05) is 18.2 Å². The number of benzene rings is 2. The van der Waals surface area contributed by atoms with Crippen LogP contribution in [0.25, 0.3) is 0 Å². The highest BCUT2D eigenvalue weighted by molar-refractivity contribution is 7.80. The summed E-state index contributed by atoms with van der Waals surface area (Å²) < 4.78 is 18.3. The lowest BCUT2D eigenvalue weighted by Crippen LogP contribution is -2.37. The van der Waals surface area contributed by atoms with Crippen LogP contribution in [0, 0.1) is 5.82 Å². The molecule has 0 radical (unpaired) electrons. The van der Waals surface area contributed by atoms with Gasteiger partial charge in [0.05, 0.1) is 0 Å². The second kappa shape index (κ2) is 7.35. The Hall–Kier alpha value is -2.47. The summed E-state index contributed by atoms with van der Waals surface area (Å²) in [6.07, 6.45) is 0. The monoisotopic (exact) mass is 304 g/mol. The lowest BCUT2D eigenvalue weighted by molar-refractivity contribution is -0.121. The molecule has 4 nitrogen and oxygen atoms in total. The third kappa shape index (κ3) is 5.19. The van der Waals surface area contributed by atoms with Gasteiger partial charge in [-0.25, -0.2) is 4.39 Å². The molecule has 108 valence electrons. The van der Waals surface area contributed by atoms with Crippen LogP contribution in [0.15, 0.2) is 54.6 Å². The number of halogens is 1. The number of ether oxygens (including phenoxy) is 1. The van der Waals surface area contributed by atoms with E-state index in [9.17, 15) is 9.18 Å². The van der Waals surface area contributed by atoms with Crippen LogP contribution < -0.4 is 15.4 Å². The first-order valence-electron chi connectivity index (χ1n) is 6.18. The van der Waals surface area contributed by atoms with Gasteiger partial charge in [0.1, 0.15) is 11.6 Å². The smallest absolute Gasteiger partial charge is 0.264 e. The summed E-state index contributed by atoms with van der Waals surface area (Å²) >= 11 is 4.97. The highest BCUT2D eigenvalue weighted by Crippen LogP contribution is 2.09. The quantitative estimate of drug-likeness (QED) is 0.853. The Kier molecular flexibility index (Phi) is 5.22. The molecule has 0 atom stereocenters. The van der Waals surface area contributed by atoms with E-state index in [1.165, 1.54) is 12.1 Å². The maximum atomic E-state index is 13.0. The number of para-hydroxylation sites is 1. The fourth-order valence-electron chi connectivity index (χ4n) is 1.56. The molecular formula is C15H13FN2O2S. The van der Waals surface area contributed by atoms with Gasteiger partial charge in [-0.15, -0.1) is 0 Å². The molecule has 0 saturated heterocycles. The molecule has 0 spiro atoms. The Labute approximate surface area is 126 Å². The minimum atomic E-state index is -0.396. The van der Waals surface area contributed by atoms with Gasteiger partial charge in [0, 0.05) is 5.69 Å². The van der Waals surface area contributed by atoms with E-state index in [-0.39, 0.29) is 17.5 Å². The van der Waals surface area contributed by atoms with Gasteiger partial charge >= 0.3 is 0 Å². The number of carbonyl (C=O) groups excluding carboxylic acids is 1. The van der Waals surface area contributed by atoms with E-state index in [4.69, 9.17) is 17.0 Å². The van der Waals surface area contributed by atoms with Crippen LogP contribution in [0.4, 0.5) is 10.1 Å². The molecule has 0 unspecified atom stereocenters. The zero-order valence-electron chi connectivity index (χ0n) is 11.0. The molecule has 0 fully saturated rings. The van der Waals surface area contributed by atoms with Crippen molar-refractivity contribution in [1.82, 2.24) is 5.32 Å². The molecule has 2 rings (SSSR count). The Morgan fingerprint density at radius 2 is 1.90 bits per heavy atom. The highest BCUT2D eigenvalue weighted by atomic mass is 32.1. The van der Waals surface area contributed by atoms with Crippen molar-refractivity contribution in [3.8, 4) is 5.75 Å². The highest BCUT2D eigenvalue weighted by Gasteiger charge is 2.06. The van der Waals surface area contributed by atoms with Gasteiger partial charge in [0.25, 0.3) is 5.91 Å². The number of hydrogen-bond donors (Lipinski definition) is 2. The van der Waals surface area contributed by atoms with E-state index < -0.39 is 5.91 Å². The van der Waals surface area contributed by atoms with Crippen LogP contribution >= 0.6 is 12.2 Å². The molecule has 0 aliphatic rings. The van der Waals surface area contributed by atoms with Crippen molar-refractivity contribution in [3.63, 3.8) is 0 Å². The van der Waals surface area contributed by atoms with Crippen LogP contribution in [-0.2, 0) is 4.79 Å². The van der Waals surface area contributed by atoms with Crippen LogP contribution in [0.5, 0.6) is 5.75 Å². The standard InChI is InChI=1S/C15H13FN2O2S/c16-11-5-4-6-12(9-11)17-15(21)18-14(19)10-20-13-7-2-1-3-8-13/h1-9H,10H2,(H2,17,18,19,21). The largest absolute Gasteiger partial charge is 0.484 e. The minimum Gasteiger partial charge on any atom is -0.484 e. The summed E-state index contributed by atoms with van der Waals surface area (Å²) in [6.45, 7) is -0.158. The molecule has 0 heterocycles. The first-order valence-corrected chi connectivity index (χ1v) is 6.58. The fraction of sp³-hybridized carbons (Fsp3) is 0.0667. The molecule has 0 saturated carbocycles. The Bertz CT molecular complexity index is 635. The molecule has 2 aromatic rings. The number of amides is 1. The van der Waals surface area contributed by atoms with E-state index in [2.05, 4.69) is 10.6 Å². The third-order valence-corrected chi connectivity index (χ3v) is 2.65. The summed E-state index contributed by atoms with van der Waals surface area (Å²) in [6, 6.07) is 14.7. The van der Waals surface area contributed by atoms with Crippen LogP contribution in [0.1, 0.15) is 0 Å². The van der Waals surface area contributed by atoms with Gasteiger partial charge in [0.2, 0.25) is 0 Å². The van der Waals surface area contributed by atoms with Gasteiger partial charge < -0.3 is 10.1 Å². The molecule has 0 aliphatic carbocycles. The predicted octanol–water partition coefficient (Wildman–Crippen LogP) is 2.72. The first kappa shape index (κ1) is 14.9. The number of hydrogen-bond acceptors (Lipinski definition) is 3. The van der Waals surface area contributed by atoms with E-state index in [0.717, 1.165) is 0 Å². The topological polar surface area (TPSA) is 50.4 Å². The number of thiocarbonyl (C=S) groups is 1. The third-order valence-electron chi connectivity index (χ3n) is 2.45. The molecule has 6 heteroatoms. The first-order chi connectivity index (χ1) is 10.1. The molecule has 2 aromatic carbocycles. The summed E-state index contributed by atoms with van der Waals surface area (Å²) in [5.41, 5.74) is 0.462. The average molecular weight is 304 g/mol. The van der Waals surface area contributed by atoms with Crippen LogP contribution in [-0.4, -0.2) is 17.6 Å². The zero-order valence-corrected chi connectivity index (χ0v) is 11.8. The molecule has 21 heavy (non-hydrogen) atoms. The summed E-state index contributed by atoms with van der Waals surface area (Å²) in [4.78, 5) is 11.6.